The molecule has 1 heterocycles. The Kier molecular flexibility index (Phi) is 5.46. The summed E-state index contributed by atoms with van der Waals surface area (Å²) in [6, 6.07) is 7.05. The third kappa shape index (κ3) is 4.64. The average molecular weight is 308 g/mol. The van der Waals surface area contributed by atoms with E-state index in [2.05, 4.69) is 26.8 Å². The van der Waals surface area contributed by atoms with Gasteiger partial charge in [-0.05, 0) is 30.5 Å². The van der Waals surface area contributed by atoms with E-state index in [4.69, 9.17) is 0 Å². The molecular weight excluding hydrogens is 288 g/mol. The minimum absolute atomic E-state index is 0.307. The number of rotatable bonds is 8. The number of benzene rings is 1. The van der Waals surface area contributed by atoms with Crippen LogP contribution in [0.5, 0.6) is 0 Å². The molecule has 0 spiro atoms. The number of aromatic amines is 1. The van der Waals surface area contributed by atoms with Crippen LogP contribution in [0, 0.1) is 0 Å². The zero-order valence-corrected chi connectivity index (χ0v) is 12.9. The summed E-state index contributed by atoms with van der Waals surface area (Å²) in [5.41, 5.74) is 1.15. The molecule has 114 valence electrons. The Labute approximate surface area is 125 Å². The average Bonchev–Trinajstić information content (AvgIpc) is 2.98. The third-order valence-electron chi connectivity index (χ3n) is 3.12. The predicted molar refractivity (Wildman–Crippen MR) is 80.3 cm³/mol. The monoisotopic (exact) mass is 308 g/mol. The fourth-order valence-corrected chi connectivity index (χ4v) is 3.10. The summed E-state index contributed by atoms with van der Waals surface area (Å²) in [7, 11) is -3.43. The Balaban J connectivity index is 1.85. The highest BCUT2D eigenvalue weighted by Gasteiger charge is 2.12. The van der Waals surface area contributed by atoms with E-state index in [1.165, 1.54) is 6.33 Å². The van der Waals surface area contributed by atoms with Gasteiger partial charge in [0.25, 0.3) is 0 Å². The zero-order chi connectivity index (χ0) is 15.1. The van der Waals surface area contributed by atoms with Gasteiger partial charge in [0.1, 0.15) is 12.2 Å². The summed E-state index contributed by atoms with van der Waals surface area (Å²) < 4.78 is 26.8. The number of nitrogens with zero attached hydrogens (tertiary/aromatic N) is 2. The molecular formula is C14H20N4O2S. The highest BCUT2D eigenvalue weighted by atomic mass is 32.2. The Bertz CT molecular complexity index is 636. The van der Waals surface area contributed by atoms with Gasteiger partial charge in [0, 0.05) is 13.0 Å². The Hall–Kier alpha value is -1.73. The molecule has 0 atom stereocenters. The molecule has 0 fully saturated rings. The van der Waals surface area contributed by atoms with Gasteiger partial charge < -0.3 is 0 Å². The number of H-pyrrole nitrogens is 1. The Morgan fingerprint density at radius 1 is 1.19 bits per heavy atom. The molecule has 0 bridgehead atoms. The van der Waals surface area contributed by atoms with Crippen LogP contribution in [0.2, 0.25) is 0 Å². The maximum absolute atomic E-state index is 12.1. The SMILES string of the molecule is CCCc1ccc(S(=O)(=O)NCCCc2ncn[nH]2)cc1. The van der Waals surface area contributed by atoms with Crippen LogP contribution in [-0.4, -0.2) is 30.1 Å². The Morgan fingerprint density at radius 2 is 1.95 bits per heavy atom. The second-order valence-corrected chi connectivity index (χ2v) is 6.59. The molecule has 2 N–H and O–H groups in total. The van der Waals surface area contributed by atoms with Crippen LogP contribution in [-0.2, 0) is 22.9 Å². The van der Waals surface area contributed by atoms with Crippen molar-refractivity contribution in [3.05, 3.63) is 42.0 Å². The number of nitrogens with one attached hydrogen (secondary N) is 2. The van der Waals surface area contributed by atoms with Crippen molar-refractivity contribution in [2.45, 2.75) is 37.5 Å². The molecule has 0 radical (unpaired) electrons. The minimum Gasteiger partial charge on any atom is -0.263 e. The first-order valence-corrected chi connectivity index (χ1v) is 8.53. The Morgan fingerprint density at radius 3 is 2.57 bits per heavy atom. The third-order valence-corrected chi connectivity index (χ3v) is 4.60. The fraction of sp³-hybridized carbons (Fsp3) is 0.429. The molecule has 7 heteroatoms. The molecule has 0 unspecified atom stereocenters. The quantitative estimate of drug-likeness (QED) is 0.726. The molecule has 0 saturated heterocycles. The highest BCUT2D eigenvalue weighted by Crippen LogP contribution is 2.11. The number of sulfonamides is 1. The van der Waals surface area contributed by atoms with E-state index in [0.29, 0.717) is 24.3 Å². The van der Waals surface area contributed by atoms with E-state index in [1.54, 1.807) is 12.1 Å². The first-order valence-electron chi connectivity index (χ1n) is 7.04. The van der Waals surface area contributed by atoms with Crippen LogP contribution in [0.3, 0.4) is 0 Å². The lowest BCUT2D eigenvalue weighted by molar-refractivity contribution is 0.578. The number of aryl methyl sites for hydroxylation is 2. The fourth-order valence-electron chi connectivity index (χ4n) is 2.02. The van der Waals surface area contributed by atoms with Crippen LogP contribution in [0.1, 0.15) is 31.2 Å². The maximum atomic E-state index is 12.1. The van der Waals surface area contributed by atoms with Crippen molar-refractivity contribution in [1.29, 1.82) is 0 Å². The smallest absolute Gasteiger partial charge is 0.240 e. The lowest BCUT2D eigenvalue weighted by Crippen LogP contribution is -2.25. The molecule has 0 aliphatic heterocycles. The predicted octanol–water partition coefficient (Wildman–Crippen LogP) is 1.67. The van der Waals surface area contributed by atoms with Crippen molar-refractivity contribution in [1.82, 2.24) is 19.9 Å². The van der Waals surface area contributed by atoms with Crippen molar-refractivity contribution in [2.24, 2.45) is 0 Å². The van der Waals surface area contributed by atoms with Gasteiger partial charge in [0.2, 0.25) is 10.0 Å². The van der Waals surface area contributed by atoms with Crippen molar-refractivity contribution < 1.29 is 8.42 Å². The van der Waals surface area contributed by atoms with Gasteiger partial charge in [-0.3, -0.25) is 5.10 Å². The molecule has 0 aliphatic rings. The van der Waals surface area contributed by atoms with E-state index in [-0.39, 0.29) is 0 Å². The highest BCUT2D eigenvalue weighted by molar-refractivity contribution is 7.89. The van der Waals surface area contributed by atoms with Gasteiger partial charge in [0.05, 0.1) is 4.90 Å². The van der Waals surface area contributed by atoms with Crippen LogP contribution in [0.4, 0.5) is 0 Å². The molecule has 2 rings (SSSR count). The second-order valence-electron chi connectivity index (χ2n) is 4.83. The number of hydrogen-bond acceptors (Lipinski definition) is 4. The summed E-state index contributed by atoms with van der Waals surface area (Å²) in [5.74, 6) is 0.762. The number of aromatic nitrogens is 3. The van der Waals surface area contributed by atoms with Crippen molar-refractivity contribution in [3.8, 4) is 0 Å². The van der Waals surface area contributed by atoms with Gasteiger partial charge >= 0.3 is 0 Å². The molecule has 1 aromatic carbocycles. The van der Waals surface area contributed by atoms with Crippen LogP contribution in [0.25, 0.3) is 0 Å². The van der Waals surface area contributed by atoms with Gasteiger partial charge in [-0.15, -0.1) is 0 Å². The molecule has 1 aromatic heterocycles. The summed E-state index contributed by atoms with van der Waals surface area (Å²) in [6.07, 6.45) is 4.79. The van der Waals surface area contributed by atoms with E-state index >= 15 is 0 Å². The van der Waals surface area contributed by atoms with Crippen LogP contribution < -0.4 is 4.72 Å². The van der Waals surface area contributed by atoms with Crippen LogP contribution in [0.15, 0.2) is 35.5 Å². The summed E-state index contributed by atoms with van der Waals surface area (Å²) in [4.78, 5) is 4.30. The van der Waals surface area contributed by atoms with E-state index in [0.717, 1.165) is 24.2 Å². The van der Waals surface area contributed by atoms with E-state index in [1.807, 2.05) is 12.1 Å². The van der Waals surface area contributed by atoms with Gasteiger partial charge in [0.15, 0.2) is 0 Å². The summed E-state index contributed by atoms with van der Waals surface area (Å²) in [6.45, 7) is 2.47. The first kappa shape index (κ1) is 15.7. The normalized spacial score (nSPS) is 11.7. The topological polar surface area (TPSA) is 87.7 Å². The van der Waals surface area contributed by atoms with Crippen molar-refractivity contribution >= 4 is 10.0 Å². The molecule has 21 heavy (non-hydrogen) atoms. The second kappa shape index (κ2) is 7.33. The molecule has 0 aliphatic carbocycles. The largest absolute Gasteiger partial charge is 0.263 e. The lowest BCUT2D eigenvalue weighted by Gasteiger charge is -2.07. The zero-order valence-electron chi connectivity index (χ0n) is 12.0. The van der Waals surface area contributed by atoms with Crippen molar-refractivity contribution in [3.63, 3.8) is 0 Å². The van der Waals surface area contributed by atoms with Gasteiger partial charge in [-0.25, -0.2) is 18.1 Å². The van der Waals surface area contributed by atoms with Gasteiger partial charge in [-0.1, -0.05) is 25.5 Å². The van der Waals surface area contributed by atoms with E-state index in [9.17, 15) is 8.42 Å². The van der Waals surface area contributed by atoms with Crippen LogP contribution >= 0.6 is 0 Å². The molecule has 2 aromatic rings. The molecule has 0 amide bonds. The first-order chi connectivity index (χ1) is 10.1. The van der Waals surface area contributed by atoms with Gasteiger partial charge in [-0.2, -0.15) is 5.10 Å². The number of hydrogen-bond donors (Lipinski definition) is 2. The van der Waals surface area contributed by atoms with Crippen molar-refractivity contribution in [2.75, 3.05) is 6.54 Å². The molecule has 0 saturated carbocycles. The standard InChI is InChI=1S/C14H20N4O2S/c1-2-4-12-6-8-13(9-7-12)21(19,20)17-10-3-5-14-15-11-16-18-14/h6-9,11,17H,2-5,10H2,1H3,(H,15,16,18). The molecule has 6 nitrogen and oxygen atoms in total. The van der Waals surface area contributed by atoms with E-state index < -0.39 is 10.0 Å². The lowest BCUT2D eigenvalue weighted by atomic mass is 10.1. The maximum Gasteiger partial charge on any atom is 0.240 e. The summed E-state index contributed by atoms with van der Waals surface area (Å²) >= 11 is 0. The summed E-state index contributed by atoms with van der Waals surface area (Å²) in [5, 5.41) is 6.49. The minimum atomic E-state index is -3.43.